The molecule has 0 heterocycles. The molecule has 2 heteroatoms. The van der Waals surface area contributed by atoms with E-state index in [1.165, 1.54) is 10.5 Å². The lowest BCUT2D eigenvalue weighted by atomic mass is 10.2. The van der Waals surface area contributed by atoms with Crippen LogP contribution in [0.1, 0.15) is 5.56 Å². The lowest BCUT2D eigenvalue weighted by molar-refractivity contribution is 1.31. The van der Waals surface area contributed by atoms with Gasteiger partial charge >= 0.3 is 0 Å². The Kier molecular flexibility index (Phi) is 2.85. The van der Waals surface area contributed by atoms with E-state index in [1.54, 1.807) is 8.93 Å². The fraction of sp³-hybridized carbons (Fsp3) is 0.143. The van der Waals surface area contributed by atoms with E-state index in [-0.39, 0.29) is 0 Å². The van der Waals surface area contributed by atoms with E-state index in [9.17, 15) is 0 Å². The number of aryl methyl sites for hydroxylation is 1. The Morgan fingerprint density at radius 3 is 2.44 bits per heavy atom. The summed E-state index contributed by atoms with van der Waals surface area (Å²) in [7, 11) is 1.77. The molecular weight excluding hydrogens is 243 g/mol. The van der Waals surface area contributed by atoms with Crippen LogP contribution >= 0.6 is 30.1 Å². The van der Waals surface area contributed by atoms with Crippen molar-refractivity contribution in [2.75, 3.05) is 0 Å². The van der Waals surface area contributed by atoms with Crippen LogP contribution in [-0.2, 0) is 0 Å². The number of halogens is 1. The molecule has 9 heavy (non-hydrogen) atoms. The third kappa shape index (κ3) is 1.86. The Hall–Kier alpha value is 0.300. The van der Waals surface area contributed by atoms with E-state index in [0.717, 1.165) is 0 Å². The minimum absolute atomic E-state index is 1.36. The standard InChI is InChI=1S/C7H7IS/c1-6-4-2-3-5-7(6)9-8/h2-5H,1H3. The molecule has 0 aliphatic rings. The Bertz CT molecular complexity index is 198. The van der Waals surface area contributed by atoms with Gasteiger partial charge in [-0.05, 0) is 18.6 Å². The van der Waals surface area contributed by atoms with Crippen molar-refractivity contribution < 1.29 is 0 Å². The number of rotatable bonds is 1. The van der Waals surface area contributed by atoms with Gasteiger partial charge in [0.05, 0.1) is 0 Å². The van der Waals surface area contributed by atoms with Crippen LogP contribution in [0, 0.1) is 6.92 Å². The van der Waals surface area contributed by atoms with Crippen molar-refractivity contribution >= 4 is 30.1 Å². The van der Waals surface area contributed by atoms with Crippen LogP contribution in [0.3, 0.4) is 0 Å². The first-order valence-corrected chi connectivity index (χ1v) is 6.05. The molecule has 0 saturated carbocycles. The molecule has 0 unspecified atom stereocenters. The van der Waals surface area contributed by atoms with Gasteiger partial charge in [-0.2, -0.15) is 0 Å². The summed E-state index contributed by atoms with van der Waals surface area (Å²) in [5.41, 5.74) is 1.36. The fourth-order valence-electron chi connectivity index (χ4n) is 0.643. The molecule has 0 bridgehead atoms. The van der Waals surface area contributed by atoms with Crippen molar-refractivity contribution in [3.05, 3.63) is 29.8 Å². The Balaban J connectivity index is 3.01. The highest BCUT2D eigenvalue weighted by Crippen LogP contribution is 2.27. The van der Waals surface area contributed by atoms with E-state index >= 15 is 0 Å². The molecule has 0 nitrogen and oxygen atoms in total. The third-order valence-electron chi connectivity index (χ3n) is 1.18. The van der Waals surface area contributed by atoms with Crippen molar-refractivity contribution in [1.29, 1.82) is 0 Å². The molecule has 0 saturated heterocycles. The molecule has 1 aromatic carbocycles. The Morgan fingerprint density at radius 1 is 1.33 bits per heavy atom. The minimum Gasteiger partial charge on any atom is -0.0619 e. The maximum absolute atomic E-state index is 2.30. The summed E-state index contributed by atoms with van der Waals surface area (Å²) in [5.74, 6) is 0. The van der Waals surface area contributed by atoms with Crippen LogP contribution < -0.4 is 0 Å². The van der Waals surface area contributed by atoms with E-state index in [1.807, 2.05) is 0 Å². The second-order valence-corrected chi connectivity index (χ2v) is 3.76. The van der Waals surface area contributed by atoms with Crippen molar-refractivity contribution in [2.45, 2.75) is 11.8 Å². The highest BCUT2D eigenvalue weighted by Gasteiger charge is 1.91. The maximum atomic E-state index is 2.30. The molecule has 0 atom stereocenters. The largest absolute Gasteiger partial charge is 0.0619 e. The molecule has 0 N–H and O–H groups in total. The molecule has 0 amide bonds. The molecule has 0 aliphatic heterocycles. The average Bonchev–Trinajstić information content (AvgIpc) is 1.89. The lowest BCUT2D eigenvalue weighted by Gasteiger charge is -1.96. The van der Waals surface area contributed by atoms with E-state index in [0.29, 0.717) is 0 Å². The Morgan fingerprint density at radius 2 is 2.00 bits per heavy atom. The van der Waals surface area contributed by atoms with Crippen molar-refractivity contribution in [3.63, 3.8) is 0 Å². The monoisotopic (exact) mass is 250 g/mol. The van der Waals surface area contributed by atoms with Crippen LogP contribution in [0.5, 0.6) is 0 Å². The predicted octanol–water partition coefficient (Wildman–Crippen LogP) is 3.44. The van der Waals surface area contributed by atoms with Crippen molar-refractivity contribution in [2.24, 2.45) is 0 Å². The second-order valence-electron chi connectivity index (χ2n) is 1.84. The molecule has 1 rings (SSSR count). The first-order valence-electron chi connectivity index (χ1n) is 2.69. The average molecular weight is 250 g/mol. The maximum Gasteiger partial charge on any atom is 0.0208 e. The normalized spacial score (nSPS) is 9.56. The summed E-state index contributed by atoms with van der Waals surface area (Å²) in [6.45, 7) is 2.13. The van der Waals surface area contributed by atoms with Crippen LogP contribution in [0.2, 0.25) is 0 Å². The van der Waals surface area contributed by atoms with Gasteiger partial charge in [0.1, 0.15) is 0 Å². The zero-order valence-electron chi connectivity index (χ0n) is 5.10. The van der Waals surface area contributed by atoms with Gasteiger partial charge in [-0.3, -0.25) is 0 Å². The summed E-state index contributed by atoms with van der Waals surface area (Å²) in [5, 5.41) is 0. The highest BCUT2D eigenvalue weighted by atomic mass is 127. The first kappa shape index (κ1) is 7.41. The molecule has 0 fully saturated rings. The lowest BCUT2D eigenvalue weighted by Crippen LogP contribution is -1.72. The molecule has 0 aliphatic carbocycles. The SMILES string of the molecule is Cc1ccccc1SI. The van der Waals surface area contributed by atoms with E-state index < -0.39 is 0 Å². The van der Waals surface area contributed by atoms with Gasteiger partial charge < -0.3 is 0 Å². The predicted molar refractivity (Wildman–Crippen MR) is 51.1 cm³/mol. The summed E-state index contributed by atoms with van der Waals surface area (Å²) in [6, 6.07) is 8.38. The molecule has 0 aromatic heterocycles. The summed E-state index contributed by atoms with van der Waals surface area (Å²) < 4.78 is 0. The topological polar surface area (TPSA) is 0 Å². The van der Waals surface area contributed by atoms with Gasteiger partial charge in [0, 0.05) is 26.1 Å². The molecular formula is C7H7IS. The fourth-order valence-corrected chi connectivity index (χ4v) is 2.45. The van der Waals surface area contributed by atoms with Crippen molar-refractivity contribution in [1.82, 2.24) is 0 Å². The van der Waals surface area contributed by atoms with Gasteiger partial charge in [-0.15, -0.1) is 0 Å². The van der Waals surface area contributed by atoms with E-state index in [4.69, 9.17) is 0 Å². The smallest absolute Gasteiger partial charge is 0.0208 e. The van der Waals surface area contributed by atoms with Crippen LogP contribution in [0.4, 0.5) is 0 Å². The summed E-state index contributed by atoms with van der Waals surface area (Å²) in [6.07, 6.45) is 0. The molecule has 0 spiro atoms. The van der Waals surface area contributed by atoms with Gasteiger partial charge in [0.2, 0.25) is 0 Å². The number of benzene rings is 1. The third-order valence-corrected chi connectivity index (χ3v) is 3.22. The zero-order chi connectivity index (χ0) is 6.69. The van der Waals surface area contributed by atoms with Gasteiger partial charge in [-0.1, -0.05) is 27.1 Å². The summed E-state index contributed by atoms with van der Waals surface area (Å²) >= 11 is 2.30. The van der Waals surface area contributed by atoms with Gasteiger partial charge in [0.15, 0.2) is 0 Å². The van der Waals surface area contributed by atoms with Gasteiger partial charge in [-0.25, -0.2) is 0 Å². The molecule has 1 aromatic rings. The van der Waals surface area contributed by atoms with Gasteiger partial charge in [0.25, 0.3) is 0 Å². The number of hydrogen-bond acceptors (Lipinski definition) is 1. The zero-order valence-corrected chi connectivity index (χ0v) is 8.07. The quantitative estimate of drug-likeness (QED) is 0.688. The molecule has 48 valence electrons. The van der Waals surface area contributed by atoms with Crippen LogP contribution in [-0.4, -0.2) is 0 Å². The Labute approximate surface area is 71.6 Å². The van der Waals surface area contributed by atoms with E-state index in [2.05, 4.69) is 52.4 Å². The minimum atomic E-state index is 1.36. The highest BCUT2D eigenvalue weighted by molar-refractivity contribution is 14.2. The van der Waals surface area contributed by atoms with Crippen LogP contribution in [0.25, 0.3) is 0 Å². The first-order chi connectivity index (χ1) is 4.34. The second kappa shape index (κ2) is 3.46. The number of hydrogen-bond donors (Lipinski definition) is 0. The van der Waals surface area contributed by atoms with Crippen molar-refractivity contribution in [3.8, 4) is 0 Å². The summed E-state index contributed by atoms with van der Waals surface area (Å²) in [4.78, 5) is 1.36. The van der Waals surface area contributed by atoms with Crippen LogP contribution in [0.15, 0.2) is 29.2 Å². The molecule has 0 radical (unpaired) electrons.